The first-order valence-corrected chi connectivity index (χ1v) is 9.84. The van der Waals surface area contributed by atoms with Gasteiger partial charge in [-0.2, -0.15) is 0 Å². The van der Waals surface area contributed by atoms with Gasteiger partial charge in [0.2, 0.25) is 0 Å². The number of hydrogen-bond donors (Lipinski definition) is 0. The molecule has 1 heterocycles. The van der Waals surface area contributed by atoms with E-state index in [1.807, 2.05) is 23.1 Å². The van der Waals surface area contributed by atoms with Crippen LogP contribution in [0.5, 0.6) is 5.75 Å². The summed E-state index contributed by atoms with van der Waals surface area (Å²) in [4.78, 5) is 14.2. The molecule has 1 saturated heterocycles. The quantitative estimate of drug-likeness (QED) is 0.659. The van der Waals surface area contributed by atoms with Crippen LogP contribution < -0.4 is 4.74 Å². The average Bonchev–Trinajstić information content (AvgIpc) is 2.68. The van der Waals surface area contributed by atoms with Gasteiger partial charge in [0.05, 0.1) is 11.6 Å². The first-order valence-electron chi connectivity index (χ1n) is 9.09. The predicted molar refractivity (Wildman–Crippen MR) is 107 cm³/mol. The molecule has 0 unspecified atom stereocenters. The summed E-state index contributed by atoms with van der Waals surface area (Å²) < 4.78 is 11.4. The molecule has 0 radical (unpaired) electrons. The fourth-order valence-electron chi connectivity index (χ4n) is 3.09. The zero-order chi connectivity index (χ0) is 19.1. The van der Waals surface area contributed by atoms with E-state index < -0.39 is 0 Å². The van der Waals surface area contributed by atoms with Gasteiger partial charge < -0.3 is 14.4 Å². The summed E-state index contributed by atoms with van der Waals surface area (Å²) in [6, 6.07) is 15.1. The number of nitrogens with zero attached hydrogens (tertiary/aromatic N) is 1. The summed E-state index contributed by atoms with van der Waals surface area (Å²) in [6.45, 7) is 2.81. The van der Waals surface area contributed by atoms with Crippen molar-refractivity contribution in [2.75, 3.05) is 26.3 Å². The Kier molecular flexibility index (Phi) is 7.39. The third-order valence-corrected chi connectivity index (χ3v) is 5.21. The Morgan fingerprint density at radius 1 is 1.07 bits per heavy atom. The molecule has 0 spiro atoms. The maximum absolute atomic E-state index is 12.4. The number of hydrogen-bond acceptors (Lipinski definition) is 3. The molecule has 0 atom stereocenters. The fraction of sp³-hybridized carbons (Fsp3) is 0.381. The lowest BCUT2D eigenvalue weighted by molar-refractivity contribution is -0.135. The highest BCUT2D eigenvalue weighted by atomic mass is 35.5. The number of benzene rings is 2. The normalized spacial score (nSPS) is 15.0. The van der Waals surface area contributed by atoms with E-state index in [2.05, 4.69) is 12.1 Å². The Morgan fingerprint density at radius 2 is 1.81 bits per heavy atom. The number of ether oxygens (including phenoxy) is 2. The second-order valence-corrected chi connectivity index (χ2v) is 7.53. The molecule has 0 saturated carbocycles. The van der Waals surface area contributed by atoms with Crippen LogP contribution in [0.4, 0.5) is 0 Å². The van der Waals surface area contributed by atoms with Crippen LogP contribution in [0.2, 0.25) is 10.0 Å². The van der Waals surface area contributed by atoms with Crippen molar-refractivity contribution >= 4 is 29.1 Å². The number of rotatable bonds is 7. The Labute approximate surface area is 170 Å². The summed E-state index contributed by atoms with van der Waals surface area (Å²) >= 11 is 11.9. The van der Waals surface area contributed by atoms with Crippen molar-refractivity contribution in [2.24, 2.45) is 5.92 Å². The minimum absolute atomic E-state index is 0.0173. The van der Waals surface area contributed by atoms with Crippen LogP contribution in [-0.4, -0.2) is 37.1 Å². The molecule has 0 aromatic heterocycles. The van der Waals surface area contributed by atoms with Crippen molar-refractivity contribution in [3.63, 3.8) is 0 Å². The molecule has 1 fully saturated rings. The predicted octanol–water partition coefficient (Wildman–Crippen LogP) is 4.83. The molecule has 1 amide bonds. The first-order chi connectivity index (χ1) is 13.1. The van der Waals surface area contributed by atoms with Gasteiger partial charge in [-0.25, -0.2) is 0 Å². The number of likely N-dealkylation sites (tertiary alicyclic amines) is 1. The molecule has 1 aliphatic heterocycles. The molecule has 2 aromatic rings. The maximum Gasteiger partial charge on any atom is 0.260 e. The molecule has 4 nitrogen and oxygen atoms in total. The molecule has 0 aliphatic carbocycles. The van der Waals surface area contributed by atoms with Crippen LogP contribution in [-0.2, 0) is 16.1 Å². The van der Waals surface area contributed by atoms with Crippen LogP contribution in [0.25, 0.3) is 0 Å². The lowest BCUT2D eigenvalue weighted by Crippen LogP contribution is -2.41. The molecule has 1 aliphatic rings. The number of halogens is 2. The van der Waals surface area contributed by atoms with Gasteiger partial charge in [0, 0.05) is 24.7 Å². The zero-order valence-corrected chi connectivity index (χ0v) is 16.6. The topological polar surface area (TPSA) is 38.8 Å². The van der Waals surface area contributed by atoms with Crippen molar-refractivity contribution in [1.82, 2.24) is 4.90 Å². The molecule has 6 heteroatoms. The number of carbonyl (C=O) groups excluding carboxylic acids is 1. The molecule has 0 bridgehead atoms. The smallest absolute Gasteiger partial charge is 0.260 e. The third kappa shape index (κ3) is 6.13. The number of carbonyl (C=O) groups is 1. The molecule has 27 heavy (non-hydrogen) atoms. The van der Waals surface area contributed by atoms with E-state index in [9.17, 15) is 4.79 Å². The van der Waals surface area contributed by atoms with E-state index in [0.717, 1.165) is 32.5 Å². The molecule has 2 aromatic carbocycles. The van der Waals surface area contributed by atoms with Gasteiger partial charge in [-0.1, -0.05) is 53.5 Å². The fourth-order valence-corrected chi connectivity index (χ4v) is 3.55. The Morgan fingerprint density at radius 3 is 2.52 bits per heavy atom. The van der Waals surface area contributed by atoms with Gasteiger partial charge in [-0.3, -0.25) is 4.79 Å². The summed E-state index contributed by atoms with van der Waals surface area (Å²) in [5.74, 6) is 0.938. The molecule has 0 N–H and O–H groups in total. The summed E-state index contributed by atoms with van der Waals surface area (Å²) in [7, 11) is 0. The Balaban J connectivity index is 1.36. The van der Waals surface area contributed by atoms with Crippen molar-refractivity contribution in [1.29, 1.82) is 0 Å². The van der Waals surface area contributed by atoms with Crippen LogP contribution in [0.1, 0.15) is 18.4 Å². The zero-order valence-electron chi connectivity index (χ0n) is 15.1. The Bertz CT molecular complexity index is 746. The monoisotopic (exact) mass is 407 g/mol. The van der Waals surface area contributed by atoms with Crippen LogP contribution in [0.15, 0.2) is 48.5 Å². The van der Waals surface area contributed by atoms with E-state index in [1.165, 1.54) is 5.56 Å². The minimum Gasteiger partial charge on any atom is -0.482 e. The van der Waals surface area contributed by atoms with Crippen molar-refractivity contribution in [3.8, 4) is 5.75 Å². The van der Waals surface area contributed by atoms with Gasteiger partial charge in [0.1, 0.15) is 5.75 Å². The van der Waals surface area contributed by atoms with Gasteiger partial charge in [-0.05, 0) is 42.5 Å². The number of amides is 1. The highest BCUT2D eigenvalue weighted by Gasteiger charge is 2.23. The standard InChI is InChI=1S/C21H23Cl2NO3/c22-18-6-7-20(19(23)12-18)27-15-21(25)24-10-8-17(9-11-24)14-26-13-16-4-2-1-3-5-16/h1-7,12,17H,8-11,13-15H2. The maximum atomic E-state index is 12.4. The average molecular weight is 408 g/mol. The molecular weight excluding hydrogens is 385 g/mol. The number of piperidine rings is 1. The van der Waals surface area contributed by atoms with Crippen molar-refractivity contribution in [2.45, 2.75) is 19.4 Å². The Hall–Kier alpha value is -1.75. The first kappa shape index (κ1) is 20.0. The highest BCUT2D eigenvalue weighted by molar-refractivity contribution is 6.35. The van der Waals surface area contributed by atoms with E-state index in [1.54, 1.807) is 18.2 Å². The van der Waals surface area contributed by atoms with Crippen LogP contribution in [0.3, 0.4) is 0 Å². The second-order valence-electron chi connectivity index (χ2n) is 6.69. The lowest BCUT2D eigenvalue weighted by Gasteiger charge is -2.31. The van der Waals surface area contributed by atoms with E-state index in [-0.39, 0.29) is 12.5 Å². The van der Waals surface area contributed by atoms with Crippen molar-refractivity contribution < 1.29 is 14.3 Å². The van der Waals surface area contributed by atoms with Gasteiger partial charge in [0.25, 0.3) is 5.91 Å². The van der Waals surface area contributed by atoms with Gasteiger partial charge in [0.15, 0.2) is 6.61 Å². The largest absolute Gasteiger partial charge is 0.482 e. The molecule has 144 valence electrons. The summed E-state index contributed by atoms with van der Waals surface area (Å²) in [6.07, 6.45) is 1.89. The summed E-state index contributed by atoms with van der Waals surface area (Å²) in [5, 5.41) is 0.944. The second kappa shape index (κ2) is 9.98. The third-order valence-electron chi connectivity index (χ3n) is 4.68. The van der Waals surface area contributed by atoms with Crippen molar-refractivity contribution in [3.05, 3.63) is 64.1 Å². The molecule has 3 rings (SSSR count). The summed E-state index contributed by atoms with van der Waals surface area (Å²) in [5.41, 5.74) is 1.18. The van der Waals surface area contributed by atoms with E-state index in [4.69, 9.17) is 32.7 Å². The van der Waals surface area contributed by atoms with Crippen LogP contribution >= 0.6 is 23.2 Å². The highest BCUT2D eigenvalue weighted by Crippen LogP contribution is 2.27. The van der Waals surface area contributed by atoms with E-state index in [0.29, 0.717) is 28.3 Å². The molecular formula is C21H23Cl2NO3. The SMILES string of the molecule is O=C(COc1ccc(Cl)cc1Cl)N1CCC(COCc2ccccc2)CC1. The lowest BCUT2D eigenvalue weighted by atomic mass is 9.98. The van der Waals surface area contributed by atoms with E-state index >= 15 is 0 Å². The minimum atomic E-state index is -0.0235. The van der Waals surface area contributed by atoms with Crippen LogP contribution in [0, 0.1) is 5.92 Å². The van der Waals surface area contributed by atoms with Gasteiger partial charge in [-0.15, -0.1) is 0 Å². The van der Waals surface area contributed by atoms with Gasteiger partial charge >= 0.3 is 0 Å².